The molecule has 0 bridgehead atoms. The number of hydrogen-bond donors (Lipinski definition) is 1. The summed E-state index contributed by atoms with van der Waals surface area (Å²) in [7, 11) is 4.30. The predicted molar refractivity (Wildman–Crippen MR) is 119 cm³/mol. The summed E-state index contributed by atoms with van der Waals surface area (Å²) >= 11 is 0. The van der Waals surface area contributed by atoms with Gasteiger partial charge >= 0.3 is 6.03 Å². The molecule has 0 unspecified atom stereocenters. The molecule has 4 aliphatic rings. The lowest BCUT2D eigenvalue weighted by molar-refractivity contribution is -0.0493. The third-order valence-electron chi connectivity index (χ3n) is 7.54. The molecule has 168 valence electrons. The average Bonchev–Trinajstić information content (AvgIpc) is 3.35. The highest BCUT2D eigenvalue weighted by molar-refractivity contribution is 5.98. The van der Waals surface area contributed by atoms with Gasteiger partial charge in [-0.1, -0.05) is 6.07 Å². The molecule has 7 nitrogen and oxygen atoms in total. The van der Waals surface area contributed by atoms with Crippen LogP contribution in [0.5, 0.6) is 0 Å². The van der Waals surface area contributed by atoms with Crippen molar-refractivity contribution in [1.29, 1.82) is 0 Å². The fourth-order valence-electron chi connectivity index (χ4n) is 5.53. The summed E-state index contributed by atoms with van der Waals surface area (Å²) in [5.41, 5.74) is 1.46. The number of amides is 3. The van der Waals surface area contributed by atoms with Gasteiger partial charge in [0.05, 0.1) is 6.10 Å². The monoisotopic (exact) mass is 426 g/mol. The van der Waals surface area contributed by atoms with Gasteiger partial charge in [0, 0.05) is 50.1 Å². The van der Waals surface area contributed by atoms with Crippen LogP contribution in [0.1, 0.15) is 36.0 Å². The molecule has 2 saturated heterocycles. The van der Waals surface area contributed by atoms with Crippen LogP contribution in [0.2, 0.25) is 0 Å². The maximum atomic E-state index is 13.3. The van der Waals surface area contributed by atoms with Gasteiger partial charge in [0.15, 0.2) is 0 Å². The number of ether oxygens (including phenoxy) is 1. The lowest BCUT2D eigenvalue weighted by Gasteiger charge is -2.41. The molecule has 7 heteroatoms. The van der Waals surface area contributed by atoms with Crippen LogP contribution in [-0.4, -0.2) is 80.8 Å². The molecular weight excluding hydrogens is 392 g/mol. The van der Waals surface area contributed by atoms with Crippen molar-refractivity contribution in [1.82, 2.24) is 15.1 Å². The Hall–Kier alpha value is -2.12. The SMILES string of the molecule is CN(C)[C@@H]1C[C@@H]2CN(C(=O)c3cccc(N4CCNC4=O)c3)C[C@@H]2C[C@H]1OCC1CC1. The minimum Gasteiger partial charge on any atom is -0.376 e. The Kier molecular flexibility index (Phi) is 5.65. The van der Waals surface area contributed by atoms with Gasteiger partial charge in [0.2, 0.25) is 0 Å². The summed E-state index contributed by atoms with van der Waals surface area (Å²) in [5.74, 6) is 1.89. The van der Waals surface area contributed by atoms with E-state index < -0.39 is 0 Å². The van der Waals surface area contributed by atoms with Crippen molar-refractivity contribution in [3.63, 3.8) is 0 Å². The highest BCUT2D eigenvalue weighted by Crippen LogP contribution is 2.40. The van der Waals surface area contributed by atoms with E-state index in [1.807, 2.05) is 29.2 Å². The van der Waals surface area contributed by atoms with Crippen molar-refractivity contribution in [2.75, 3.05) is 51.8 Å². The van der Waals surface area contributed by atoms with E-state index in [0.29, 0.717) is 36.5 Å². The maximum Gasteiger partial charge on any atom is 0.321 e. The fourth-order valence-corrected chi connectivity index (χ4v) is 5.53. The van der Waals surface area contributed by atoms with Crippen molar-refractivity contribution in [2.24, 2.45) is 17.8 Å². The highest BCUT2D eigenvalue weighted by atomic mass is 16.5. The van der Waals surface area contributed by atoms with E-state index in [0.717, 1.165) is 44.1 Å². The summed E-state index contributed by atoms with van der Waals surface area (Å²) in [6.45, 7) is 3.80. The Labute approximate surface area is 184 Å². The van der Waals surface area contributed by atoms with Gasteiger partial charge in [-0.15, -0.1) is 0 Å². The van der Waals surface area contributed by atoms with E-state index in [-0.39, 0.29) is 18.0 Å². The van der Waals surface area contributed by atoms with E-state index in [1.165, 1.54) is 12.8 Å². The highest BCUT2D eigenvalue weighted by Gasteiger charge is 2.45. The van der Waals surface area contributed by atoms with Crippen LogP contribution in [0, 0.1) is 17.8 Å². The number of likely N-dealkylation sites (tertiary alicyclic amines) is 1. The zero-order valence-corrected chi connectivity index (χ0v) is 18.6. The van der Waals surface area contributed by atoms with Crippen LogP contribution < -0.4 is 10.2 Å². The maximum absolute atomic E-state index is 13.3. The summed E-state index contributed by atoms with van der Waals surface area (Å²) in [5, 5.41) is 2.82. The molecule has 2 aliphatic heterocycles. The first kappa shape index (κ1) is 20.8. The fraction of sp³-hybridized carbons (Fsp3) is 0.667. The number of carbonyl (C=O) groups is 2. The number of nitrogens with one attached hydrogen (secondary N) is 1. The van der Waals surface area contributed by atoms with Crippen molar-refractivity contribution < 1.29 is 14.3 Å². The zero-order valence-electron chi connectivity index (χ0n) is 18.6. The van der Waals surface area contributed by atoms with Crippen molar-refractivity contribution in [3.05, 3.63) is 29.8 Å². The van der Waals surface area contributed by atoms with Crippen LogP contribution in [-0.2, 0) is 4.74 Å². The quantitative estimate of drug-likeness (QED) is 0.759. The topological polar surface area (TPSA) is 65.1 Å². The first-order chi connectivity index (χ1) is 15.0. The third-order valence-corrected chi connectivity index (χ3v) is 7.54. The van der Waals surface area contributed by atoms with E-state index in [9.17, 15) is 9.59 Å². The molecule has 2 aliphatic carbocycles. The lowest BCUT2D eigenvalue weighted by atomic mass is 9.77. The second kappa shape index (κ2) is 8.43. The molecule has 2 saturated carbocycles. The first-order valence-electron chi connectivity index (χ1n) is 11.7. The largest absolute Gasteiger partial charge is 0.376 e. The summed E-state index contributed by atoms with van der Waals surface area (Å²) < 4.78 is 6.36. The molecule has 1 aromatic rings. The Morgan fingerprint density at radius 2 is 1.97 bits per heavy atom. The van der Waals surface area contributed by atoms with E-state index in [4.69, 9.17) is 4.74 Å². The lowest BCUT2D eigenvalue weighted by Crippen LogP contribution is -2.48. The third kappa shape index (κ3) is 4.30. The minimum atomic E-state index is -0.0937. The van der Waals surface area contributed by atoms with Crippen molar-refractivity contribution in [3.8, 4) is 0 Å². The van der Waals surface area contributed by atoms with Crippen LogP contribution in [0.4, 0.5) is 10.5 Å². The van der Waals surface area contributed by atoms with Gasteiger partial charge in [-0.2, -0.15) is 0 Å². The van der Waals surface area contributed by atoms with Crippen LogP contribution >= 0.6 is 0 Å². The molecule has 2 heterocycles. The van der Waals surface area contributed by atoms with E-state index in [2.05, 4.69) is 24.3 Å². The van der Waals surface area contributed by atoms with E-state index >= 15 is 0 Å². The normalized spacial score (nSPS) is 30.6. The number of likely N-dealkylation sites (N-methyl/N-ethyl adjacent to an activating group) is 1. The molecule has 0 aromatic heterocycles. The number of benzene rings is 1. The van der Waals surface area contributed by atoms with Crippen LogP contribution in [0.3, 0.4) is 0 Å². The van der Waals surface area contributed by atoms with Gasteiger partial charge in [-0.25, -0.2) is 4.79 Å². The average molecular weight is 427 g/mol. The Morgan fingerprint density at radius 1 is 1.19 bits per heavy atom. The molecular formula is C24H34N4O3. The summed E-state index contributed by atoms with van der Waals surface area (Å²) in [6, 6.07) is 7.83. The molecule has 0 radical (unpaired) electrons. The van der Waals surface area contributed by atoms with Gasteiger partial charge < -0.3 is 19.9 Å². The number of nitrogens with zero attached hydrogens (tertiary/aromatic N) is 3. The number of anilines is 1. The van der Waals surface area contributed by atoms with E-state index in [1.54, 1.807) is 4.90 Å². The second-order valence-electron chi connectivity index (χ2n) is 9.98. The van der Waals surface area contributed by atoms with Crippen LogP contribution in [0.25, 0.3) is 0 Å². The number of carbonyl (C=O) groups excluding carboxylic acids is 2. The molecule has 31 heavy (non-hydrogen) atoms. The Balaban J connectivity index is 1.26. The smallest absolute Gasteiger partial charge is 0.321 e. The standard InChI is InChI=1S/C24H34N4O3/c1-26(2)21-11-18-13-27(14-19(18)12-22(21)31-15-16-6-7-16)23(29)17-4-3-5-20(10-17)28-9-8-25-24(28)30/h3-5,10,16,18-19,21-22H,6-9,11-15H2,1-2H3,(H,25,30)/t18-,19+,21-,22-/m1/s1. The number of rotatable bonds is 6. The molecule has 4 atom stereocenters. The number of fused-ring (bicyclic) bond motifs is 1. The van der Waals surface area contributed by atoms with Crippen molar-refractivity contribution >= 4 is 17.6 Å². The number of urea groups is 1. The molecule has 0 spiro atoms. The molecule has 4 fully saturated rings. The van der Waals surface area contributed by atoms with Gasteiger partial charge in [-0.3, -0.25) is 9.69 Å². The molecule has 3 amide bonds. The molecule has 5 rings (SSSR count). The second-order valence-corrected chi connectivity index (χ2v) is 9.98. The minimum absolute atomic E-state index is 0.0766. The van der Waals surface area contributed by atoms with Crippen LogP contribution in [0.15, 0.2) is 24.3 Å². The molecule has 1 N–H and O–H groups in total. The zero-order chi connectivity index (χ0) is 21.5. The predicted octanol–water partition coefficient (Wildman–Crippen LogP) is 2.42. The summed E-state index contributed by atoms with van der Waals surface area (Å²) in [6.07, 6.45) is 5.02. The Bertz CT molecular complexity index is 840. The Morgan fingerprint density at radius 3 is 2.65 bits per heavy atom. The van der Waals surface area contributed by atoms with Gasteiger partial charge in [0.25, 0.3) is 5.91 Å². The van der Waals surface area contributed by atoms with Crippen molar-refractivity contribution in [2.45, 2.75) is 37.8 Å². The summed E-state index contributed by atoms with van der Waals surface area (Å²) in [4.78, 5) is 31.4. The van der Waals surface area contributed by atoms with Gasteiger partial charge in [-0.05, 0) is 75.7 Å². The number of hydrogen-bond acceptors (Lipinski definition) is 4. The van der Waals surface area contributed by atoms with Gasteiger partial charge in [0.1, 0.15) is 0 Å². The first-order valence-corrected chi connectivity index (χ1v) is 11.7. The molecule has 1 aromatic carbocycles.